The second-order valence-electron chi connectivity index (χ2n) is 7.25. The van der Waals surface area contributed by atoms with E-state index in [1.807, 2.05) is 0 Å². The van der Waals surface area contributed by atoms with Gasteiger partial charge in [0.2, 0.25) is 15.9 Å². The number of imidazole rings is 1. The van der Waals surface area contributed by atoms with E-state index >= 15 is 0 Å². The van der Waals surface area contributed by atoms with Crippen LogP contribution in [0.2, 0.25) is 0 Å². The molecule has 1 saturated heterocycles. The maximum Gasteiger partial charge on any atom is 0.329 e. The summed E-state index contributed by atoms with van der Waals surface area (Å²) in [5.41, 5.74) is 0.994. The van der Waals surface area contributed by atoms with E-state index in [1.54, 1.807) is 31.3 Å². The molecule has 0 N–H and O–H groups in total. The molecule has 0 saturated carbocycles. The Hall–Kier alpha value is -3.05. The van der Waals surface area contributed by atoms with Crippen molar-refractivity contribution in [2.24, 2.45) is 7.05 Å². The van der Waals surface area contributed by atoms with Crippen LogP contribution in [0.5, 0.6) is 0 Å². The number of aryl methyl sites for hydroxylation is 1. The largest absolute Gasteiger partial charge is 0.338 e. The van der Waals surface area contributed by atoms with Crippen LogP contribution in [0.3, 0.4) is 0 Å². The van der Waals surface area contributed by atoms with Gasteiger partial charge in [-0.2, -0.15) is 4.31 Å². The predicted octanol–water partition coefficient (Wildman–Crippen LogP) is 1.15. The number of sulfonamides is 1. The molecule has 0 bridgehead atoms. The van der Waals surface area contributed by atoms with Crippen molar-refractivity contribution in [3.63, 3.8) is 0 Å². The summed E-state index contributed by atoms with van der Waals surface area (Å²) in [6, 6.07) is 9.96. The molecule has 3 aromatic rings. The van der Waals surface area contributed by atoms with Crippen molar-refractivity contribution in [1.82, 2.24) is 18.3 Å². The van der Waals surface area contributed by atoms with E-state index in [4.69, 9.17) is 0 Å². The molecular weight excluding hydrogens is 430 g/mol. The number of nitrogens with zero attached hydrogens (tertiary/aromatic N) is 4. The van der Waals surface area contributed by atoms with Crippen LogP contribution in [0, 0.1) is 11.6 Å². The third kappa shape index (κ3) is 3.63. The molecule has 1 aliphatic rings. The number of hydrogen-bond donors (Lipinski definition) is 0. The number of fused-ring (bicyclic) bond motifs is 1. The molecule has 1 amide bonds. The zero-order chi connectivity index (χ0) is 22.3. The third-order valence-corrected chi connectivity index (χ3v) is 7.40. The number of benzene rings is 2. The third-order valence-electron chi connectivity index (χ3n) is 5.45. The lowest BCUT2D eigenvalue weighted by molar-refractivity contribution is -0.133. The zero-order valence-electron chi connectivity index (χ0n) is 16.7. The van der Waals surface area contributed by atoms with Crippen LogP contribution in [-0.2, 0) is 28.4 Å². The molecule has 1 aliphatic heterocycles. The number of piperazine rings is 1. The van der Waals surface area contributed by atoms with Crippen molar-refractivity contribution in [1.29, 1.82) is 0 Å². The van der Waals surface area contributed by atoms with Crippen molar-refractivity contribution in [2.45, 2.75) is 11.4 Å². The Bertz CT molecular complexity index is 1300. The molecule has 2 heterocycles. The summed E-state index contributed by atoms with van der Waals surface area (Å²) < 4.78 is 57.1. The lowest BCUT2D eigenvalue weighted by atomic mass is 10.3. The van der Waals surface area contributed by atoms with Gasteiger partial charge in [-0.05, 0) is 24.3 Å². The number of rotatable bonds is 4. The molecule has 0 aliphatic carbocycles. The summed E-state index contributed by atoms with van der Waals surface area (Å²) in [7, 11) is -2.75. The fourth-order valence-electron chi connectivity index (χ4n) is 3.79. The van der Waals surface area contributed by atoms with Gasteiger partial charge in [0.05, 0.1) is 11.0 Å². The molecule has 1 aromatic heterocycles. The molecule has 4 rings (SSSR count). The van der Waals surface area contributed by atoms with Gasteiger partial charge in [-0.1, -0.05) is 18.2 Å². The first-order valence-corrected chi connectivity index (χ1v) is 11.0. The molecular formula is C20H20F2N4O4S. The highest BCUT2D eigenvalue weighted by Gasteiger charge is 2.34. The first-order valence-electron chi connectivity index (χ1n) is 9.58. The van der Waals surface area contributed by atoms with Crippen LogP contribution in [0.25, 0.3) is 11.0 Å². The summed E-state index contributed by atoms with van der Waals surface area (Å²) in [4.78, 5) is 25.7. The smallest absolute Gasteiger partial charge is 0.329 e. The number of amides is 1. The SMILES string of the molecule is Cn1c(=O)n(CC(=O)N2CCN(S(=O)(=O)c3c(F)cccc3F)CC2)c2ccccc21. The molecule has 31 heavy (non-hydrogen) atoms. The van der Waals surface area contributed by atoms with Crippen molar-refractivity contribution >= 4 is 27.0 Å². The summed E-state index contributed by atoms with van der Waals surface area (Å²) in [6.45, 7) is -0.297. The van der Waals surface area contributed by atoms with Crippen LogP contribution in [0.1, 0.15) is 0 Å². The lowest BCUT2D eigenvalue weighted by Gasteiger charge is -2.34. The molecule has 8 nitrogen and oxygen atoms in total. The predicted molar refractivity (Wildman–Crippen MR) is 109 cm³/mol. The molecule has 0 radical (unpaired) electrons. The Balaban J connectivity index is 1.49. The van der Waals surface area contributed by atoms with E-state index in [0.717, 1.165) is 22.5 Å². The Morgan fingerprint density at radius 2 is 1.52 bits per heavy atom. The normalized spacial score (nSPS) is 15.5. The highest BCUT2D eigenvalue weighted by atomic mass is 32.2. The average molecular weight is 450 g/mol. The van der Waals surface area contributed by atoms with E-state index < -0.39 is 26.6 Å². The minimum atomic E-state index is -4.38. The van der Waals surface area contributed by atoms with Crippen molar-refractivity contribution in [3.05, 3.63) is 64.6 Å². The monoisotopic (exact) mass is 450 g/mol. The summed E-state index contributed by atoms with van der Waals surface area (Å²) in [5.74, 6) is -2.66. The highest BCUT2D eigenvalue weighted by molar-refractivity contribution is 7.89. The van der Waals surface area contributed by atoms with Crippen LogP contribution in [0.15, 0.2) is 52.2 Å². The summed E-state index contributed by atoms with van der Waals surface area (Å²) in [6.07, 6.45) is 0. The molecule has 0 spiro atoms. The van der Waals surface area contributed by atoms with Gasteiger partial charge in [-0.25, -0.2) is 22.0 Å². The van der Waals surface area contributed by atoms with E-state index in [2.05, 4.69) is 0 Å². The Labute approximate surface area is 177 Å². The highest BCUT2D eigenvalue weighted by Crippen LogP contribution is 2.23. The van der Waals surface area contributed by atoms with Gasteiger partial charge in [0, 0.05) is 33.2 Å². The first-order chi connectivity index (χ1) is 14.7. The van der Waals surface area contributed by atoms with Gasteiger partial charge in [-0.3, -0.25) is 13.9 Å². The Morgan fingerprint density at radius 1 is 0.935 bits per heavy atom. The molecule has 164 valence electrons. The Morgan fingerprint density at radius 3 is 2.13 bits per heavy atom. The van der Waals surface area contributed by atoms with E-state index in [0.29, 0.717) is 11.0 Å². The minimum Gasteiger partial charge on any atom is -0.338 e. The van der Waals surface area contributed by atoms with Crippen molar-refractivity contribution < 1.29 is 22.0 Å². The first kappa shape index (κ1) is 21.2. The van der Waals surface area contributed by atoms with Gasteiger partial charge in [0.1, 0.15) is 18.2 Å². The summed E-state index contributed by atoms with van der Waals surface area (Å²) in [5, 5.41) is 0. The Kier molecular flexibility index (Phi) is 5.40. The van der Waals surface area contributed by atoms with Crippen LogP contribution >= 0.6 is 0 Å². The van der Waals surface area contributed by atoms with E-state index in [-0.39, 0.29) is 44.3 Å². The number of aromatic nitrogens is 2. The second-order valence-corrected chi connectivity index (χ2v) is 9.13. The van der Waals surface area contributed by atoms with Crippen LogP contribution < -0.4 is 5.69 Å². The molecule has 11 heteroatoms. The number of hydrogen-bond acceptors (Lipinski definition) is 4. The van der Waals surface area contributed by atoms with Gasteiger partial charge >= 0.3 is 5.69 Å². The van der Waals surface area contributed by atoms with Gasteiger partial charge < -0.3 is 4.90 Å². The lowest BCUT2D eigenvalue weighted by Crippen LogP contribution is -2.51. The quantitative estimate of drug-likeness (QED) is 0.597. The number of carbonyl (C=O) groups is 1. The van der Waals surface area contributed by atoms with Crippen LogP contribution in [-0.4, -0.2) is 58.8 Å². The number of para-hydroxylation sites is 2. The zero-order valence-corrected chi connectivity index (χ0v) is 17.5. The van der Waals surface area contributed by atoms with Crippen molar-refractivity contribution in [3.8, 4) is 0 Å². The number of carbonyl (C=O) groups excluding carboxylic acids is 1. The fraction of sp³-hybridized carbons (Fsp3) is 0.300. The standard InChI is InChI=1S/C20H20F2N4O4S/c1-23-16-7-2-3-8-17(16)26(20(23)28)13-18(27)24-9-11-25(12-10-24)31(29,30)19-14(21)5-4-6-15(19)22/h2-8H,9-13H2,1H3. The average Bonchev–Trinajstić information content (AvgIpc) is 2.98. The maximum absolute atomic E-state index is 14.0. The van der Waals surface area contributed by atoms with Gasteiger partial charge in [-0.15, -0.1) is 0 Å². The maximum atomic E-state index is 14.0. The van der Waals surface area contributed by atoms with Crippen molar-refractivity contribution in [2.75, 3.05) is 26.2 Å². The minimum absolute atomic E-state index is 0.0493. The molecule has 0 unspecified atom stereocenters. The van der Waals surface area contributed by atoms with Crippen LogP contribution in [0.4, 0.5) is 8.78 Å². The van der Waals surface area contributed by atoms with Gasteiger partial charge in [0.25, 0.3) is 0 Å². The van der Waals surface area contributed by atoms with Gasteiger partial charge in [0.15, 0.2) is 4.90 Å². The molecule has 2 aromatic carbocycles. The second kappa shape index (κ2) is 7.89. The topological polar surface area (TPSA) is 84.6 Å². The van der Waals surface area contributed by atoms with E-state index in [9.17, 15) is 26.8 Å². The van der Waals surface area contributed by atoms with E-state index in [1.165, 1.54) is 14.0 Å². The molecule has 1 fully saturated rings. The molecule has 0 atom stereocenters. The summed E-state index contributed by atoms with van der Waals surface area (Å²) >= 11 is 0. The fourth-order valence-corrected chi connectivity index (χ4v) is 5.32. The number of halogens is 2.